The molecule has 0 fully saturated rings. The smallest absolute Gasteiger partial charge is 0.307 e. The maximum Gasteiger partial charge on any atom is 0.307 e. The van der Waals surface area contributed by atoms with Crippen LogP contribution in [-0.2, 0) is 32.4 Å². The second kappa shape index (κ2) is 9.28. The highest BCUT2D eigenvalue weighted by atomic mass is 32.2. The van der Waals surface area contributed by atoms with Crippen molar-refractivity contribution >= 4 is 21.8 Å². The lowest BCUT2D eigenvalue weighted by atomic mass is 9.92. The Hall–Kier alpha value is -2.58. The minimum absolute atomic E-state index is 0.136. The lowest BCUT2D eigenvalue weighted by Crippen LogP contribution is -2.27. The van der Waals surface area contributed by atoms with Gasteiger partial charge in [-0.25, -0.2) is 17.5 Å². The molecule has 1 N–H and O–H groups in total. The van der Waals surface area contributed by atoms with Crippen LogP contribution in [0.4, 0.5) is 4.39 Å². The molecule has 0 bridgehead atoms. The first-order chi connectivity index (χ1) is 13.8. The molecule has 154 valence electrons. The summed E-state index contributed by atoms with van der Waals surface area (Å²) in [6.45, 7) is -0.620. The number of ketones is 1. The van der Waals surface area contributed by atoms with E-state index in [-0.39, 0.29) is 23.4 Å². The molecule has 1 aliphatic rings. The zero-order valence-corrected chi connectivity index (χ0v) is 16.6. The predicted molar refractivity (Wildman–Crippen MR) is 105 cm³/mol. The number of ether oxygens (including phenoxy) is 1. The first-order valence-corrected chi connectivity index (χ1v) is 10.9. The van der Waals surface area contributed by atoms with Crippen LogP contribution in [0.1, 0.15) is 40.7 Å². The lowest BCUT2D eigenvalue weighted by Gasteiger charge is -2.16. The van der Waals surface area contributed by atoms with Crippen molar-refractivity contribution in [1.82, 2.24) is 4.72 Å². The molecule has 3 rings (SSSR count). The van der Waals surface area contributed by atoms with Crippen molar-refractivity contribution in [3.05, 3.63) is 65.0 Å². The summed E-state index contributed by atoms with van der Waals surface area (Å²) in [7, 11) is -3.73. The molecule has 29 heavy (non-hydrogen) atoms. The van der Waals surface area contributed by atoms with E-state index in [1.165, 1.54) is 17.7 Å². The van der Waals surface area contributed by atoms with Gasteiger partial charge in [-0.15, -0.1) is 0 Å². The minimum Gasteiger partial charge on any atom is -0.457 e. The minimum atomic E-state index is -3.73. The Morgan fingerprint density at radius 3 is 2.41 bits per heavy atom. The van der Waals surface area contributed by atoms with E-state index in [9.17, 15) is 22.4 Å². The summed E-state index contributed by atoms with van der Waals surface area (Å²) in [5.41, 5.74) is 2.47. The number of benzene rings is 2. The Morgan fingerprint density at radius 1 is 1.00 bits per heavy atom. The van der Waals surface area contributed by atoms with Gasteiger partial charge in [0.2, 0.25) is 10.0 Å². The fourth-order valence-electron chi connectivity index (χ4n) is 3.19. The van der Waals surface area contributed by atoms with Crippen LogP contribution < -0.4 is 4.72 Å². The van der Waals surface area contributed by atoms with Crippen molar-refractivity contribution in [2.45, 2.75) is 37.0 Å². The Labute approximate surface area is 169 Å². The number of carbonyl (C=O) groups is 2. The molecule has 0 aliphatic heterocycles. The molecule has 0 unspecified atom stereocenters. The van der Waals surface area contributed by atoms with E-state index in [4.69, 9.17) is 4.74 Å². The van der Waals surface area contributed by atoms with E-state index in [2.05, 4.69) is 4.72 Å². The number of hydrogen-bond acceptors (Lipinski definition) is 5. The number of carbonyl (C=O) groups excluding carboxylic acids is 2. The molecule has 6 nitrogen and oxygen atoms in total. The number of aryl methyl sites for hydroxylation is 2. The highest BCUT2D eigenvalue weighted by molar-refractivity contribution is 7.89. The molecule has 0 saturated carbocycles. The number of Topliss-reactive ketones (excluding diaryl/α,β-unsaturated/α-hetero) is 1. The quantitative estimate of drug-likeness (QED) is 0.525. The van der Waals surface area contributed by atoms with E-state index in [1.54, 1.807) is 12.1 Å². The number of fused-ring (bicyclic) bond motifs is 1. The average Bonchev–Trinajstić information content (AvgIpc) is 2.72. The molecule has 2 aromatic carbocycles. The Bertz CT molecular complexity index is 1000. The highest BCUT2D eigenvalue weighted by Gasteiger charge is 2.18. The van der Waals surface area contributed by atoms with Gasteiger partial charge < -0.3 is 4.74 Å². The monoisotopic (exact) mass is 419 g/mol. The van der Waals surface area contributed by atoms with Crippen LogP contribution in [0.25, 0.3) is 0 Å². The van der Waals surface area contributed by atoms with E-state index in [0.717, 1.165) is 43.4 Å². The van der Waals surface area contributed by atoms with Crippen LogP contribution in [0.5, 0.6) is 0 Å². The SMILES string of the molecule is O=C(CCNS(=O)(=O)c1ccc2c(c1)CCCC2)OCC(=O)c1ccc(F)cc1. The van der Waals surface area contributed by atoms with Crippen LogP contribution in [-0.4, -0.2) is 33.3 Å². The van der Waals surface area contributed by atoms with Gasteiger partial charge in [0.1, 0.15) is 5.82 Å². The topological polar surface area (TPSA) is 89.5 Å². The number of nitrogens with one attached hydrogen (secondary N) is 1. The maximum atomic E-state index is 12.9. The number of halogens is 1. The Morgan fingerprint density at radius 2 is 1.69 bits per heavy atom. The molecule has 0 radical (unpaired) electrons. The maximum absolute atomic E-state index is 12.9. The third kappa shape index (κ3) is 5.71. The average molecular weight is 419 g/mol. The van der Waals surface area contributed by atoms with Crippen molar-refractivity contribution in [2.75, 3.05) is 13.2 Å². The van der Waals surface area contributed by atoms with Crippen molar-refractivity contribution in [1.29, 1.82) is 0 Å². The predicted octanol–water partition coefficient (Wildman–Crippen LogP) is 2.80. The van der Waals surface area contributed by atoms with Crippen molar-refractivity contribution < 1.29 is 27.1 Å². The van der Waals surface area contributed by atoms with Gasteiger partial charge in [-0.1, -0.05) is 6.07 Å². The summed E-state index contributed by atoms with van der Waals surface area (Å²) in [5.74, 6) is -1.63. The summed E-state index contributed by atoms with van der Waals surface area (Å²) in [6, 6.07) is 10.0. The van der Waals surface area contributed by atoms with Crippen LogP contribution >= 0.6 is 0 Å². The van der Waals surface area contributed by atoms with Crippen LogP contribution in [0.2, 0.25) is 0 Å². The second-order valence-electron chi connectivity index (χ2n) is 6.88. The molecule has 0 amide bonds. The Balaban J connectivity index is 1.46. The molecule has 0 heterocycles. The third-order valence-electron chi connectivity index (χ3n) is 4.78. The van der Waals surface area contributed by atoms with E-state index in [1.807, 2.05) is 6.07 Å². The summed E-state index contributed by atoms with van der Waals surface area (Å²) >= 11 is 0. The van der Waals surface area contributed by atoms with Gasteiger partial charge in [0.15, 0.2) is 12.4 Å². The normalized spacial score (nSPS) is 13.6. The van der Waals surface area contributed by atoms with Crippen LogP contribution in [0.3, 0.4) is 0 Å². The number of hydrogen-bond donors (Lipinski definition) is 1. The molecule has 0 aromatic heterocycles. The van der Waals surface area contributed by atoms with Gasteiger partial charge >= 0.3 is 5.97 Å². The summed E-state index contributed by atoms with van der Waals surface area (Å²) in [6.07, 6.45) is 3.79. The number of esters is 1. The molecule has 2 aromatic rings. The van der Waals surface area contributed by atoms with Gasteiger partial charge in [-0.05, 0) is 73.2 Å². The standard InChI is InChI=1S/C21H22FNO5S/c22-18-8-5-16(6-9-18)20(24)14-28-21(25)11-12-23-29(26,27)19-10-7-15-3-1-2-4-17(15)13-19/h5-10,13,23H,1-4,11-12,14H2. The molecule has 0 atom stereocenters. The highest BCUT2D eigenvalue weighted by Crippen LogP contribution is 2.24. The summed E-state index contributed by atoms with van der Waals surface area (Å²) in [4.78, 5) is 23.8. The van der Waals surface area contributed by atoms with E-state index >= 15 is 0 Å². The Kier molecular flexibility index (Phi) is 6.76. The fraction of sp³-hybridized carbons (Fsp3) is 0.333. The van der Waals surface area contributed by atoms with Crippen molar-refractivity contribution in [3.63, 3.8) is 0 Å². The zero-order chi connectivity index (χ0) is 20.9. The summed E-state index contributed by atoms with van der Waals surface area (Å²) < 4.78 is 45.0. The lowest BCUT2D eigenvalue weighted by molar-refractivity contribution is -0.142. The summed E-state index contributed by atoms with van der Waals surface area (Å²) in [5, 5.41) is 0. The van der Waals surface area contributed by atoms with Crippen molar-refractivity contribution in [2.24, 2.45) is 0 Å². The molecule has 0 saturated heterocycles. The van der Waals surface area contributed by atoms with E-state index < -0.39 is 34.2 Å². The molecule has 1 aliphatic carbocycles. The van der Waals surface area contributed by atoms with Crippen LogP contribution in [0, 0.1) is 5.82 Å². The van der Waals surface area contributed by atoms with Gasteiger partial charge in [-0.3, -0.25) is 9.59 Å². The second-order valence-corrected chi connectivity index (χ2v) is 8.64. The largest absolute Gasteiger partial charge is 0.457 e. The van der Waals surface area contributed by atoms with Crippen LogP contribution in [0.15, 0.2) is 47.4 Å². The van der Waals surface area contributed by atoms with Gasteiger partial charge in [-0.2, -0.15) is 0 Å². The zero-order valence-electron chi connectivity index (χ0n) is 15.8. The third-order valence-corrected chi connectivity index (χ3v) is 6.24. The molecular weight excluding hydrogens is 397 g/mol. The number of sulfonamides is 1. The first-order valence-electron chi connectivity index (χ1n) is 9.41. The molecular formula is C21H22FNO5S. The first kappa shape index (κ1) is 21.1. The van der Waals surface area contributed by atoms with Gasteiger partial charge in [0.05, 0.1) is 11.3 Å². The van der Waals surface area contributed by atoms with Gasteiger partial charge in [0.25, 0.3) is 0 Å². The fourth-order valence-corrected chi connectivity index (χ4v) is 4.27. The number of rotatable bonds is 8. The van der Waals surface area contributed by atoms with E-state index in [0.29, 0.717) is 0 Å². The molecule has 0 spiro atoms. The van der Waals surface area contributed by atoms with Crippen molar-refractivity contribution in [3.8, 4) is 0 Å². The molecule has 8 heteroatoms. The van der Waals surface area contributed by atoms with Gasteiger partial charge in [0, 0.05) is 12.1 Å².